The van der Waals surface area contributed by atoms with Gasteiger partial charge in [-0.15, -0.1) is 0 Å². The Hall–Kier alpha value is -1.64. The molecule has 0 saturated carbocycles. The van der Waals surface area contributed by atoms with Crippen LogP contribution in [-0.4, -0.2) is 34.0 Å². The molecule has 0 aliphatic carbocycles. The number of benzene rings is 1. The van der Waals surface area contributed by atoms with Gasteiger partial charge in [-0.1, -0.05) is 6.92 Å². The Labute approximate surface area is 118 Å². The molecule has 0 fully saturated rings. The molecule has 0 aromatic heterocycles. The van der Waals surface area contributed by atoms with Gasteiger partial charge in [-0.05, 0) is 24.6 Å². The van der Waals surface area contributed by atoms with E-state index >= 15 is 0 Å². The number of methoxy groups -OCH3 is 1. The first-order chi connectivity index (χ1) is 9.31. The molecule has 0 aliphatic rings. The van der Waals surface area contributed by atoms with E-state index in [0.717, 1.165) is 0 Å². The summed E-state index contributed by atoms with van der Waals surface area (Å²) in [6.45, 7) is 1.98. The molecule has 1 unspecified atom stereocenters. The van der Waals surface area contributed by atoms with Crippen molar-refractivity contribution in [3.8, 4) is 5.75 Å². The van der Waals surface area contributed by atoms with E-state index in [1.54, 1.807) is 0 Å². The Bertz CT molecular complexity index is 586. The van der Waals surface area contributed by atoms with Gasteiger partial charge in [0.25, 0.3) is 5.91 Å². The summed E-state index contributed by atoms with van der Waals surface area (Å²) in [5.74, 6) is -0.536. The van der Waals surface area contributed by atoms with E-state index < -0.39 is 15.9 Å². The smallest absolute Gasteiger partial charge is 0.252 e. The zero-order chi connectivity index (χ0) is 15.3. The lowest BCUT2D eigenvalue weighted by atomic mass is 10.2. The zero-order valence-electron chi connectivity index (χ0n) is 11.4. The van der Waals surface area contributed by atoms with Crippen molar-refractivity contribution in [2.45, 2.75) is 24.3 Å². The first-order valence-electron chi connectivity index (χ1n) is 6.05. The van der Waals surface area contributed by atoms with Crippen LogP contribution in [0.3, 0.4) is 0 Å². The fourth-order valence-electron chi connectivity index (χ4n) is 1.49. The van der Waals surface area contributed by atoms with E-state index in [2.05, 4.69) is 4.72 Å². The van der Waals surface area contributed by atoms with Gasteiger partial charge < -0.3 is 16.2 Å². The highest BCUT2D eigenvalue weighted by atomic mass is 32.2. The summed E-state index contributed by atoms with van der Waals surface area (Å²) in [7, 11) is -2.37. The van der Waals surface area contributed by atoms with Crippen molar-refractivity contribution in [2.24, 2.45) is 11.5 Å². The molecule has 5 N–H and O–H groups in total. The molecule has 7 nitrogen and oxygen atoms in total. The summed E-state index contributed by atoms with van der Waals surface area (Å²) in [6, 6.07) is 3.64. The van der Waals surface area contributed by atoms with Crippen LogP contribution in [0.5, 0.6) is 5.75 Å². The number of hydrogen-bond donors (Lipinski definition) is 3. The van der Waals surface area contributed by atoms with Crippen LogP contribution in [-0.2, 0) is 10.0 Å². The van der Waals surface area contributed by atoms with Gasteiger partial charge in [0, 0.05) is 12.6 Å². The molecule has 0 aliphatic heterocycles. The number of ether oxygens (including phenoxy) is 1. The fourth-order valence-corrected chi connectivity index (χ4v) is 2.61. The molecule has 20 heavy (non-hydrogen) atoms. The van der Waals surface area contributed by atoms with Crippen LogP contribution in [0.2, 0.25) is 0 Å². The lowest BCUT2D eigenvalue weighted by Gasteiger charge is -2.12. The van der Waals surface area contributed by atoms with Crippen molar-refractivity contribution in [1.82, 2.24) is 4.72 Å². The third kappa shape index (κ3) is 3.92. The van der Waals surface area contributed by atoms with Gasteiger partial charge in [0.15, 0.2) is 0 Å². The van der Waals surface area contributed by atoms with E-state index in [4.69, 9.17) is 16.2 Å². The average Bonchev–Trinajstić information content (AvgIpc) is 2.43. The Morgan fingerprint density at radius 1 is 1.45 bits per heavy atom. The predicted molar refractivity (Wildman–Crippen MR) is 75.0 cm³/mol. The predicted octanol–water partition coefficient (Wildman–Crippen LogP) is -0.190. The van der Waals surface area contributed by atoms with Crippen molar-refractivity contribution < 1.29 is 17.9 Å². The maximum Gasteiger partial charge on any atom is 0.252 e. The summed E-state index contributed by atoms with van der Waals surface area (Å²) < 4.78 is 31.5. The molecule has 0 heterocycles. The van der Waals surface area contributed by atoms with Crippen molar-refractivity contribution in [1.29, 1.82) is 0 Å². The molecular weight excluding hydrogens is 282 g/mol. The minimum absolute atomic E-state index is 0.00941. The number of rotatable bonds is 7. The summed E-state index contributed by atoms with van der Waals surface area (Å²) in [6.07, 6.45) is 0.650. The molecule has 112 valence electrons. The number of nitrogens with two attached hydrogens (primary N) is 2. The summed E-state index contributed by atoms with van der Waals surface area (Å²) in [5, 5.41) is 0. The Morgan fingerprint density at radius 2 is 2.10 bits per heavy atom. The second kappa shape index (κ2) is 6.69. The van der Waals surface area contributed by atoms with Crippen LogP contribution >= 0.6 is 0 Å². The Balaban J connectivity index is 3.07. The zero-order valence-corrected chi connectivity index (χ0v) is 12.2. The van der Waals surface area contributed by atoms with Crippen molar-refractivity contribution in [2.75, 3.05) is 13.7 Å². The molecule has 1 amide bonds. The van der Waals surface area contributed by atoms with Gasteiger partial charge in [0.2, 0.25) is 10.0 Å². The first-order valence-corrected chi connectivity index (χ1v) is 7.53. The largest absolute Gasteiger partial charge is 0.496 e. The summed E-state index contributed by atoms with van der Waals surface area (Å²) in [4.78, 5) is 11.2. The van der Waals surface area contributed by atoms with E-state index in [0.29, 0.717) is 6.42 Å². The van der Waals surface area contributed by atoms with Crippen molar-refractivity contribution in [3.05, 3.63) is 23.8 Å². The van der Waals surface area contributed by atoms with E-state index in [1.807, 2.05) is 6.92 Å². The van der Waals surface area contributed by atoms with Crippen molar-refractivity contribution in [3.63, 3.8) is 0 Å². The SMILES string of the molecule is CCC(N)CNS(=O)(=O)c1ccc(OC)c(C(N)=O)c1. The molecule has 1 atom stereocenters. The number of sulfonamides is 1. The van der Waals surface area contributed by atoms with E-state index in [9.17, 15) is 13.2 Å². The van der Waals surface area contributed by atoms with Crippen LogP contribution in [0, 0.1) is 0 Å². The summed E-state index contributed by atoms with van der Waals surface area (Å²) in [5.41, 5.74) is 10.9. The van der Waals surface area contributed by atoms with Gasteiger partial charge in [0.05, 0.1) is 17.6 Å². The van der Waals surface area contributed by atoms with Crippen LogP contribution in [0.4, 0.5) is 0 Å². The Kier molecular flexibility index (Phi) is 5.49. The van der Waals surface area contributed by atoms with Gasteiger partial charge in [-0.25, -0.2) is 13.1 Å². The van der Waals surface area contributed by atoms with Crippen molar-refractivity contribution >= 4 is 15.9 Å². The van der Waals surface area contributed by atoms with Crippen LogP contribution in [0.1, 0.15) is 23.7 Å². The van der Waals surface area contributed by atoms with Crippen LogP contribution in [0.15, 0.2) is 23.1 Å². The minimum Gasteiger partial charge on any atom is -0.496 e. The molecule has 0 spiro atoms. The number of nitrogens with one attached hydrogen (secondary N) is 1. The maximum atomic E-state index is 12.1. The first kappa shape index (κ1) is 16.4. The molecule has 0 saturated heterocycles. The number of primary amides is 1. The third-order valence-electron chi connectivity index (χ3n) is 2.81. The van der Waals surface area contributed by atoms with Gasteiger partial charge >= 0.3 is 0 Å². The van der Waals surface area contributed by atoms with Gasteiger partial charge in [0.1, 0.15) is 5.75 Å². The molecule has 1 aromatic rings. The second-order valence-electron chi connectivity index (χ2n) is 4.25. The highest BCUT2D eigenvalue weighted by Gasteiger charge is 2.19. The van der Waals surface area contributed by atoms with Crippen LogP contribution < -0.4 is 20.9 Å². The topological polar surface area (TPSA) is 125 Å². The lowest BCUT2D eigenvalue weighted by Crippen LogP contribution is -2.36. The molecular formula is C12H19N3O4S. The van der Waals surface area contributed by atoms with Gasteiger partial charge in [-0.2, -0.15) is 0 Å². The molecule has 0 radical (unpaired) electrons. The van der Waals surface area contributed by atoms with Crippen LogP contribution in [0.25, 0.3) is 0 Å². The molecule has 8 heteroatoms. The fraction of sp³-hybridized carbons (Fsp3) is 0.417. The highest BCUT2D eigenvalue weighted by molar-refractivity contribution is 7.89. The quantitative estimate of drug-likeness (QED) is 0.644. The number of carbonyl (C=O) groups excluding carboxylic acids is 1. The third-order valence-corrected chi connectivity index (χ3v) is 4.23. The minimum atomic E-state index is -3.74. The Morgan fingerprint density at radius 3 is 2.60 bits per heavy atom. The van der Waals surface area contributed by atoms with Gasteiger partial charge in [-0.3, -0.25) is 4.79 Å². The van der Waals surface area contributed by atoms with E-state index in [1.165, 1.54) is 25.3 Å². The normalized spacial score (nSPS) is 12.9. The molecule has 1 rings (SSSR count). The monoisotopic (exact) mass is 301 g/mol. The number of amides is 1. The second-order valence-corrected chi connectivity index (χ2v) is 6.01. The average molecular weight is 301 g/mol. The maximum absolute atomic E-state index is 12.1. The standard InChI is InChI=1S/C12H19N3O4S/c1-3-8(13)7-15-20(17,18)9-4-5-11(19-2)10(6-9)12(14)16/h4-6,8,15H,3,7,13H2,1-2H3,(H2,14,16). The highest BCUT2D eigenvalue weighted by Crippen LogP contribution is 2.21. The number of carbonyl (C=O) groups is 1. The number of hydrogen-bond acceptors (Lipinski definition) is 5. The van der Waals surface area contributed by atoms with E-state index in [-0.39, 0.29) is 28.8 Å². The summed E-state index contributed by atoms with van der Waals surface area (Å²) >= 11 is 0. The lowest BCUT2D eigenvalue weighted by molar-refractivity contribution is 0.0997. The molecule has 0 bridgehead atoms. The molecule has 1 aromatic carbocycles.